The topological polar surface area (TPSA) is 69.4 Å². The smallest absolute Gasteiger partial charge is 0.209 e. The summed E-state index contributed by atoms with van der Waals surface area (Å²) < 4.78 is 27.3. The fourth-order valence-electron chi connectivity index (χ4n) is 1.59. The third-order valence-corrected chi connectivity index (χ3v) is 3.64. The van der Waals surface area contributed by atoms with E-state index in [2.05, 4.69) is 0 Å². The van der Waals surface area contributed by atoms with E-state index in [1.54, 1.807) is 0 Å². The van der Waals surface area contributed by atoms with Gasteiger partial charge in [0, 0.05) is 12.0 Å². The summed E-state index contributed by atoms with van der Waals surface area (Å²) in [6.07, 6.45) is 3.75. The van der Waals surface area contributed by atoms with Crippen molar-refractivity contribution in [2.75, 3.05) is 19.0 Å². The highest BCUT2D eigenvalue weighted by Crippen LogP contribution is 2.32. The van der Waals surface area contributed by atoms with Crippen LogP contribution in [0.15, 0.2) is 0 Å². The van der Waals surface area contributed by atoms with Gasteiger partial charge in [-0.25, -0.2) is 13.6 Å². The van der Waals surface area contributed by atoms with Crippen molar-refractivity contribution in [3.8, 4) is 0 Å². The molecule has 90 valence electrons. The van der Waals surface area contributed by atoms with Crippen LogP contribution in [0.3, 0.4) is 0 Å². The van der Waals surface area contributed by atoms with E-state index < -0.39 is 15.4 Å². The SMILES string of the molecule is CC(C)(COCCC1CC1)CS(N)(=O)=O. The second-order valence-electron chi connectivity index (χ2n) is 5.26. The first-order valence-corrected chi connectivity index (χ1v) is 7.08. The third kappa shape index (κ3) is 6.87. The fraction of sp³-hybridized carbons (Fsp3) is 1.00. The second-order valence-corrected chi connectivity index (χ2v) is 6.87. The molecule has 0 saturated heterocycles. The third-order valence-electron chi connectivity index (χ3n) is 2.45. The van der Waals surface area contributed by atoms with Crippen LogP contribution in [0.25, 0.3) is 0 Å². The van der Waals surface area contributed by atoms with Gasteiger partial charge >= 0.3 is 0 Å². The Hall–Kier alpha value is -0.130. The summed E-state index contributed by atoms with van der Waals surface area (Å²) in [4.78, 5) is 0. The van der Waals surface area contributed by atoms with Crippen LogP contribution in [0.1, 0.15) is 33.1 Å². The molecule has 4 nitrogen and oxygen atoms in total. The molecule has 15 heavy (non-hydrogen) atoms. The predicted octanol–water partition coefficient (Wildman–Crippen LogP) is 1.12. The molecule has 0 heterocycles. The monoisotopic (exact) mass is 235 g/mol. The second kappa shape index (κ2) is 4.80. The molecule has 0 radical (unpaired) electrons. The molecule has 0 aromatic carbocycles. The predicted molar refractivity (Wildman–Crippen MR) is 59.9 cm³/mol. The molecule has 2 N–H and O–H groups in total. The largest absolute Gasteiger partial charge is 0.381 e. The van der Waals surface area contributed by atoms with Gasteiger partial charge in [0.25, 0.3) is 0 Å². The van der Waals surface area contributed by atoms with Crippen LogP contribution < -0.4 is 5.14 Å². The van der Waals surface area contributed by atoms with Crippen molar-refractivity contribution in [3.05, 3.63) is 0 Å². The Kier molecular flexibility index (Phi) is 4.14. The van der Waals surface area contributed by atoms with Crippen LogP contribution in [0.2, 0.25) is 0 Å². The molecule has 1 aliphatic carbocycles. The van der Waals surface area contributed by atoms with Crippen LogP contribution in [0, 0.1) is 11.3 Å². The summed E-state index contributed by atoms with van der Waals surface area (Å²) in [6, 6.07) is 0. The first kappa shape index (κ1) is 12.9. The lowest BCUT2D eigenvalue weighted by atomic mass is 9.98. The van der Waals surface area contributed by atoms with E-state index in [4.69, 9.17) is 9.88 Å². The lowest BCUT2D eigenvalue weighted by Crippen LogP contribution is -2.32. The molecule has 0 atom stereocenters. The van der Waals surface area contributed by atoms with E-state index in [0.29, 0.717) is 6.61 Å². The van der Waals surface area contributed by atoms with Gasteiger partial charge in [0.2, 0.25) is 10.0 Å². The summed E-state index contributed by atoms with van der Waals surface area (Å²) in [6.45, 7) is 4.90. The normalized spacial score (nSPS) is 18.1. The number of rotatable bonds is 7. The lowest BCUT2D eigenvalue weighted by Gasteiger charge is -2.22. The van der Waals surface area contributed by atoms with Gasteiger partial charge in [0.05, 0.1) is 12.4 Å². The van der Waals surface area contributed by atoms with Crippen molar-refractivity contribution < 1.29 is 13.2 Å². The van der Waals surface area contributed by atoms with Gasteiger partial charge in [-0.1, -0.05) is 26.7 Å². The molecule has 0 unspecified atom stereocenters. The summed E-state index contributed by atoms with van der Waals surface area (Å²) in [5.41, 5.74) is -0.392. The maximum absolute atomic E-state index is 10.9. The standard InChI is InChI=1S/C10H21NO3S/c1-10(2,8-15(11,12)13)7-14-6-5-9-3-4-9/h9H,3-8H2,1-2H3,(H2,11,12,13). The minimum atomic E-state index is -3.40. The van der Waals surface area contributed by atoms with Crippen molar-refractivity contribution in [1.82, 2.24) is 0 Å². The minimum Gasteiger partial charge on any atom is -0.381 e. The molecule has 1 saturated carbocycles. The van der Waals surface area contributed by atoms with Crippen molar-refractivity contribution in [3.63, 3.8) is 0 Å². The van der Waals surface area contributed by atoms with Crippen molar-refractivity contribution in [1.29, 1.82) is 0 Å². The summed E-state index contributed by atoms with van der Waals surface area (Å²) in [7, 11) is -3.40. The minimum absolute atomic E-state index is 0.0244. The highest BCUT2D eigenvalue weighted by molar-refractivity contribution is 7.89. The van der Waals surface area contributed by atoms with E-state index in [-0.39, 0.29) is 5.75 Å². The van der Waals surface area contributed by atoms with E-state index in [1.165, 1.54) is 12.8 Å². The fourth-order valence-corrected chi connectivity index (χ4v) is 2.76. The number of primary sulfonamides is 1. The molecule has 1 rings (SSSR count). The van der Waals surface area contributed by atoms with Gasteiger partial charge < -0.3 is 4.74 Å². The summed E-state index contributed by atoms with van der Waals surface area (Å²) >= 11 is 0. The van der Waals surface area contributed by atoms with Gasteiger partial charge in [-0.2, -0.15) is 0 Å². The van der Waals surface area contributed by atoms with E-state index in [1.807, 2.05) is 13.8 Å². The summed E-state index contributed by atoms with van der Waals surface area (Å²) in [5, 5.41) is 5.00. The van der Waals surface area contributed by atoms with Crippen LogP contribution in [-0.4, -0.2) is 27.4 Å². The Morgan fingerprint density at radius 1 is 1.40 bits per heavy atom. The molecular formula is C10H21NO3S. The maximum Gasteiger partial charge on any atom is 0.209 e. The first-order chi connectivity index (χ1) is 6.79. The van der Waals surface area contributed by atoms with Gasteiger partial charge in [0.1, 0.15) is 0 Å². The molecule has 0 aromatic heterocycles. The zero-order valence-corrected chi connectivity index (χ0v) is 10.3. The highest BCUT2D eigenvalue weighted by atomic mass is 32.2. The van der Waals surface area contributed by atoms with Crippen LogP contribution in [-0.2, 0) is 14.8 Å². The van der Waals surface area contributed by atoms with Gasteiger partial charge in [-0.05, 0) is 12.3 Å². The van der Waals surface area contributed by atoms with Crippen LogP contribution >= 0.6 is 0 Å². The molecule has 0 aliphatic heterocycles. The van der Waals surface area contributed by atoms with E-state index in [9.17, 15) is 8.42 Å². The number of hydrogen-bond donors (Lipinski definition) is 1. The van der Waals surface area contributed by atoms with Gasteiger partial charge in [-0.15, -0.1) is 0 Å². The number of sulfonamides is 1. The van der Waals surface area contributed by atoms with Crippen molar-refractivity contribution >= 4 is 10.0 Å². The van der Waals surface area contributed by atoms with Crippen LogP contribution in [0.4, 0.5) is 0 Å². The molecule has 0 amide bonds. The highest BCUT2D eigenvalue weighted by Gasteiger charge is 2.25. The number of ether oxygens (including phenoxy) is 1. The van der Waals surface area contributed by atoms with Crippen molar-refractivity contribution in [2.24, 2.45) is 16.5 Å². The average molecular weight is 235 g/mol. The summed E-state index contributed by atoms with van der Waals surface area (Å²) in [5.74, 6) is 0.829. The molecule has 0 bridgehead atoms. The first-order valence-electron chi connectivity index (χ1n) is 5.37. The molecule has 5 heteroatoms. The molecule has 0 aromatic rings. The van der Waals surface area contributed by atoms with E-state index in [0.717, 1.165) is 18.9 Å². The number of hydrogen-bond acceptors (Lipinski definition) is 3. The lowest BCUT2D eigenvalue weighted by molar-refractivity contribution is 0.0687. The quantitative estimate of drug-likeness (QED) is 0.672. The van der Waals surface area contributed by atoms with Crippen molar-refractivity contribution in [2.45, 2.75) is 33.1 Å². The molecule has 0 spiro atoms. The Bertz CT molecular complexity index is 294. The van der Waals surface area contributed by atoms with Gasteiger partial charge in [-0.3, -0.25) is 0 Å². The average Bonchev–Trinajstić information content (AvgIpc) is 2.76. The van der Waals surface area contributed by atoms with E-state index >= 15 is 0 Å². The maximum atomic E-state index is 10.9. The number of nitrogens with two attached hydrogens (primary N) is 1. The zero-order chi connectivity index (χ0) is 11.5. The Labute approximate surface area is 92.2 Å². The Morgan fingerprint density at radius 3 is 2.47 bits per heavy atom. The molecule has 1 fully saturated rings. The Balaban J connectivity index is 2.16. The molecular weight excluding hydrogens is 214 g/mol. The Morgan fingerprint density at radius 2 is 2.00 bits per heavy atom. The zero-order valence-electron chi connectivity index (χ0n) is 9.53. The van der Waals surface area contributed by atoms with Gasteiger partial charge in [0.15, 0.2) is 0 Å². The molecule has 1 aliphatic rings. The van der Waals surface area contributed by atoms with Crippen LogP contribution in [0.5, 0.6) is 0 Å².